The van der Waals surface area contributed by atoms with E-state index in [4.69, 9.17) is 5.73 Å². The van der Waals surface area contributed by atoms with Gasteiger partial charge in [0.25, 0.3) is 0 Å². The van der Waals surface area contributed by atoms with Gasteiger partial charge >= 0.3 is 0 Å². The SMILES string of the molecule is NC(=O)c1ccc(CSCC2CNC2)cc1. The highest BCUT2D eigenvalue weighted by Gasteiger charge is 2.15. The number of rotatable bonds is 5. The summed E-state index contributed by atoms with van der Waals surface area (Å²) in [7, 11) is 0. The van der Waals surface area contributed by atoms with E-state index in [0.717, 1.165) is 24.8 Å². The van der Waals surface area contributed by atoms with Crippen molar-refractivity contribution in [2.75, 3.05) is 18.8 Å². The Morgan fingerprint density at radius 2 is 2.06 bits per heavy atom. The zero-order valence-electron chi connectivity index (χ0n) is 9.11. The Morgan fingerprint density at radius 1 is 1.38 bits per heavy atom. The Bertz CT molecular complexity index is 360. The fourth-order valence-electron chi connectivity index (χ4n) is 1.57. The van der Waals surface area contributed by atoms with Crippen LogP contribution in [-0.4, -0.2) is 24.7 Å². The predicted octanol–water partition coefficient (Wildman–Crippen LogP) is 1.24. The minimum atomic E-state index is -0.361. The molecule has 2 rings (SSSR count). The van der Waals surface area contributed by atoms with Gasteiger partial charge in [0, 0.05) is 11.3 Å². The van der Waals surface area contributed by atoms with Crippen LogP contribution in [0.5, 0.6) is 0 Å². The maximum atomic E-state index is 10.9. The average molecular weight is 236 g/mol. The van der Waals surface area contributed by atoms with E-state index in [2.05, 4.69) is 5.32 Å². The molecule has 0 saturated carbocycles. The summed E-state index contributed by atoms with van der Waals surface area (Å²) in [4.78, 5) is 10.9. The number of hydrogen-bond donors (Lipinski definition) is 2. The van der Waals surface area contributed by atoms with E-state index >= 15 is 0 Å². The number of carbonyl (C=O) groups excluding carboxylic acids is 1. The lowest BCUT2D eigenvalue weighted by Crippen LogP contribution is -2.43. The van der Waals surface area contributed by atoms with E-state index in [1.807, 2.05) is 23.9 Å². The van der Waals surface area contributed by atoms with E-state index in [1.165, 1.54) is 11.3 Å². The summed E-state index contributed by atoms with van der Waals surface area (Å²) in [5, 5.41) is 3.27. The summed E-state index contributed by atoms with van der Waals surface area (Å²) in [5.41, 5.74) is 7.01. The smallest absolute Gasteiger partial charge is 0.248 e. The highest BCUT2D eigenvalue weighted by molar-refractivity contribution is 7.98. The van der Waals surface area contributed by atoms with Crippen LogP contribution in [0.1, 0.15) is 15.9 Å². The van der Waals surface area contributed by atoms with Crippen LogP contribution in [0.4, 0.5) is 0 Å². The van der Waals surface area contributed by atoms with Gasteiger partial charge in [-0.3, -0.25) is 4.79 Å². The van der Waals surface area contributed by atoms with Crippen molar-refractivity contribution in [2.45, 2.75) is 5.75 Å². The molecule has 4 heteroatoms. The first-order chi connectivity index (χ1) is 7.75. The highest BCUT2D eigenvalue weighted by atomic mass is 32.2. The second-order valence-electron chi connectivity index (χ2n) is 4.10. The van der Waals surface area contributed by atoms with Gasteiger partial charge in [0.05, 0.1) is 0 Å². The molecule has 1 aliphatic rings. The predicted molar refractivity (Wildman–Crippen MR) is 67.5 cm³/mol. The molecular weight excluding hydrogens is 220 g/mol. The van der Waals surface area contributed by atoms with Crippen molar-refractivity contribution in [2.24, 2.45) is 11.7 Å². The first-order valence-electron chi connectivity index (χ1n) is 5.43. The van der Waals surface area contributed by atoms with Crippen molar-refractivity contribution in [3.63, 3.8) is 0 Å². The number of nitrogens with two attached hydrogens (primary N) is 1. The van der Waals surface area contributed by atoms with Gasteiger partial charge in [0.1, 0.15) is 0 Å². The molecule has 1 amide bonds. The molecule has 0 bridgehead atoms. The fourth-order valence-corrected chi connectivity index (χ4v) is 2.69. The summed E-state index contributed by atoms with van der Waals surface area (Å²) in [6.45, 7) is 2.32. The van der Waals surface area contributed by atoms with Gasteiger partial charge < -0.3 is 11.1 Å². The lowest BCUT2D eigenvalue weighted by atomic mass is 10.1. The summed E-state index contributed by atoms with van der Waals surface area (Å²) >= 11 is 1.95. The molecule has 1 heterocycles. The van der Waals surface area contributed by atoms with Crippen molar-refractivity contribution >= 4 is 17.7 Å². The molecule has 0 radical (unpaired) electrons. The van der Waals surface area contributed by atoms with Crippen LogP contribution in [-0.2, 0) is 5.75 Å². The number of thioether (sulfide) groups is 1. The van der Waals surface area contributed by atoms with Gasteiger partial charge in [0.2, 0.25) is 5.91 Å². The average Bonchev–Trinajstić information content (AvgIpc) is 2.22. The molecule has 86 valence electrons. The monoisotopic (exact) mass is 236 g/mol. The maximum absolute atomic E-state index is 10.9. The summed E-state index contributed by atoms with van der Waals surface area (Å²) in [5.74, 6) is 2.70. The van der Waals surface area contributed by atoms with E-state index in [1.54, 1.807) is 12.1 Å². The molecule has 1 aromatic rings. The van der Waals surface area contributed by atoms with Crippen LogP contribution < -0.4 is 11.1 Å². The highest BCUT2D eigenvalue weighted by Crippen LogP contribution is 2.17. The van der Waals surface area contributed by atoms with Crippen molar-refractivity contribution in [3.8, 4) is 0 Å². The van der Waals surface area contributed by atoms with Crippen molar-refractivity contribution in [3.05, 3.63) is 35.4 Å². The minimum absolute atomic E-state index is 0.361. The second-order valence-corrected chi connectivity index (χ2v) is 5.13. The van der Waals surface area contributed by atoms with Gasteiger partial charge in [-0.05, 0) is 42.5 Å². The normalized spacial score (nSPS) is 15.8. The minimum Gasteiger partial charge on any atom is -0.366 e. The van der Waals surface area contributed by atoms with Crippen molar-refractivity contribution in [1.82, 2.24) is 5.32 Å². The molecule has 0 aromatic heterocycles. The number of carbonyl (C=O) groups is 1. The molecule has 1 aromatic carbocycles. The molecule has 1 aliphatic heterocycles. The molecular formula is C12H16N2OS. The third-order valence-corrected chi connectivity index (χ3v) is 3.97. The van der Waals surface area contributed by atoms with Gasteiger partial charge in [-0.15, -0.1) is 0 Å². The van der Waals surface area contributed by atoms with Gasteiger partial charge in [-0.25, -0.2) is 0 Å². The largest absolute Gasteiger partial charge is 0.366 e. The molecule has 1 saturated heterocycles. The summed E-state index contributed by atoms with van der Waals surface area (Å²) < 4.78 is 0. The Morgan fingerprint density at radius 3 is 2.56 bits per heavy atom. The molecule has 1 fully saturated rings. The van der Waals surface area contributed by atoms with Gasteiger partial charge in [-0.2, -0.15) is 11.8 Å². The fraction of sp³-hybridized carbons (Fsp3) is 0.417. The summed E-state index contributed by atoms with van der Waals surface area (Å²) in [6.07, 6.45) is 0. The topological polar surface area (TPSA) is 55.1 Å². The zero-order valence-corrected chi connectivity index (χ0v) is 9.93. The number of hydrogen-bond acceptors (Lipinski definition) is 3. The Kier molecular flexibility index (Phi) is 3.85. The van der Waals surface area contributed by atoms with Gasteiger partial charge in [-0.1, -0.05) is 12.1 Å². The van der Waals surface area contributed by atoms with Crippen molar-refractivity contribution in [1.29, 1.82) is 0 Å². The molecule has 0 spiro atoms. The van der Waals surface area contributed by atoms with E-state index in [9.17, 15) is 4.79 Å². The van der Waals surface area contributed by atoms with Crippen molar-refractivity contribution < 1.29 is 4.79 Å². The van der Waals surface area contributed by atoms with Gasteiger partial charge in [0.15, 0.2) is 0 Å². The Labute approximate surface area is 99.8 Å². The quantitative estimate of drug-likeness (QED) is 0.808. The molecule has 0 unspecified atom stereocenters. The Hall–Kier alpha value is -1.00. The molecule has 0 atom stereocenters. The first-order valence-corrected chi connectivity index (χ1v) is 6.58. The first kappa shape index (κ1) is 11.5. The van der Waals surface area contributed by atoms with Crippen LogP contribution >= 0.6 is 11.8 Å². The standard InChI is InChI=1S/C12H16N2OS/c13-12(15)11-3-1-9(2-4-11)7-16-8-10-5-14-6-10/h1-4,10,14H,5-8H2,(H2,13,15). The maximum Gasteiger partial charge on any atom is 0.248 e. The number of nitrogens with one attached hydrogen (secondary N) is 1. The molecule has 16 heavy (non-hydrogen) atoms. The van der Waals surface area contributed by atoms with Crippen LogP contribution in [0.2, 0.25) is 0 Å². The lowest BCUT2D eigenvalue weighted by molar-refractivity contribution is 0.100. The number of benzene rings is 1. The van der Waals surface area contributed by atoms with E-state index in [-0.39, 0.29) is 5.91 Å². The lowest BCUT2D eigenvalue weighted by Gasteiger charge is -2.26. The van der Waals surface area contributed by atoms with E-state index < -0.39 is 0 Å². The molecule has 3 N–H and O–H groups in total. The van der Waals surface area contributed by atoms with Crippen LogP contribution in [0.3, 0.4) is 0 Å². The van der Waals surface area contributed by atoms with E-state index in [0.29, 0.717) is 5.56 Å². The van der Waals surface area contributed by atoms with Crippen LogP contribution in [0, 0.1) is 5.92 Å². The second kappa shape index (κ2) is 5.37. The van der Waals surface area contributed by atoms with Crippen LogP contribution in [0.25, 0.3) is 0 Å². The third kappa shape index (κ3) is 3.00. The Balaban J connectivity index is 1.78. The molecule has 3 nitrogen and oxygen atoms in total. The third-order valence-electron chi connectivity index (χ3n) is 2.73. The summed E-state index contributed by atoms with van der Waals surface area (Å²) in [6, 6.07) is 7.55. The number of amides is 1. The molecule has 0 aliphatic carbocycles. The zero-order chi connectivity index (χ0) is 11.4. The van der Waals surface area contributed by atoms with Crippen LogP contribution in [0.15, 0.2) is 24.3 Å². The number of primary amides is 1.